The average Bonchev–Trinajstić information content (AvgIpc) is 3.32. The molecule has 0 bridgehead atoms. The molecule has 0 unspecified atom stereocenters. The van der Waals surface area contributed by atoms with Crippen LogP contribution in [0.4, 0.5) is 11.7 Å². The Morgan fingerprint density at radius 3 is 2.89 bits per heavy atom. The summed E-state index contributed by atoms with van der Waals surface area (Å²) in [5.74, 6) is -0.278. The van der Waals surface area contributed by atoms with Gasteiger partial charge in [0, 0.05) is 30.2 Å². The van der Waals surface area contributed by atoms with E-state index < -0.39 is 0 Å². The topological polar surface area (TPSA) is 96.3 Å². The first-order chi connectivity index (χ1) is 13.3. The molecule has 4 aromatic rings. The van der Waals surface area contributed by atoms with E-state index in [-0.39, 0.29) is 5.91 Å². The number of oxazole rings is 1. The van der Waals surface area contributed by atoms with E-state index in [9.17, 15) is 4.79 Å². The SMILES string of the molecule is O=C(Nc1ccc2nc(N3CCOCC3)oc2c1)c1n[nH]c2ccccc12. The van der Waals surface area contributed by atoms with E-state index in [1.54, 1.807) is 12.1 Å². The Bertz CT molecular complexity index is 1130. The molecular formula is C19H17N5O3. The maximum absolute atomic E-state index is 12.6. The Morgan fingerprint density at radius 1 is 1.15 bits per heavy atom. The van der Waals surface area contributed by atoms with Gasteiger partial charge >= 0.3 is 0 Å². The van der Waals surface area contributed by atoms with E-state index in [0.29, 0.717) is 36.2 Å². The second-order valence-electron chi connectivity index (χ2n) is 6.35. The summed E-state index contributed by atoms with van der Waals surface area (Å²) in [6.07, 6.45) is 0. The fourth-order valence-electron chi connectivity index (χ4n) is 3.21. The zero-order valence-corrected chi connectivity index (χ0v) is 14.4. The first-order valence-electron chi connectivity index (χ1n) is 8.76. The zero-order valence-electron chi connectivity index (χ0n) is 14.4. The van der Waals surface area contributed by atoms with Crippen LogP contribution in [0.25, 0.3) is 22.0 Å². The summed E-state index contributed by atoms with van der Waals surface area (Å²) in [5, 5.41) is 10.7. The minimum atomic E-state index is -0.278. The molecule has 27 heavy (non-hydrogen) atoms. The van der Waals surface area contributed by atoms with Crippen molar-refractivity contribution in [3.63, 3.8) is 0 Å². The van der Waals surface area contributed by atoms with Crippen molar-refractivity contribution in [2.24, 2.45) is 0 Å². The van der Waals surface area contributed by atoms with Gasteiger partial charge in [0.05, 0.1) is 18.7 Å². The van der Waals surface area contributed by atoms with Crippen LogP contribution in [-0.2, 0) is 4.74 Å². The quantitative estimate of drug-likeness (QED) is 0.581. The van der Waals surface area contributed by atoms with Gasteiger partial charge in [0.1, 0.15) is 5.52 Å². The number of hydrogen-bond donors (Lipinski definition) is 2. The molecule has 1 fully saturated rings. The monoisotopic (exact) mass is 363 g/mol. The van der Waals surface area contributed by atoms with Crippen molar-refractivity contribution in [1.29, 1.82) is 0 Å². The number of nitrogens with zero attached hydrogens (tertiary/aromatic N) is 3. The number of fused-ring (bicyclic) bond motifs is 2. The summed E-state index contributed by atoms with van der Waals surface area (Å²) in [6, 6.07) is 13.5. The van der Waals surface area contributed by atoms with Crippen molar-refractivity contribution in [2.45, 2.75) is 0 Å². The van der Waals surface area contributed by atoms with Gasteiger partial charge in [0.15, 0.2) is 11.3 Å². The molecule has 2 N–H and O–H groups in total. The number of amides is 1. The number of carbonyl (C=O) groups excluding carboxylic acids is 1. The highest BCUT2D eigenvalue weighted by Crippen LogP contribution is 2.26. The van der Waals surface area contributed by atoms with Gasteiger partial charge < -0.3 is 19.4 Å². The molecule has 0 spiro atoms. The number of carbonyl (C=O) groups is 1. The number of H-pyrrole nitrogens is 1. The summed E-state index contributed by atoms with van der Waals surface area (Å²) >= 11 is 0. The first kappa shape index (κ1) is 15.8. The van der Waals surface area contributed by atoms with E-state index in [1.165, 1.54) is 0 Å². The van der Waals surface area contributed by atoms with E-state index in [4.69, 9.17) is 9.15 Å². The Kier molecular flexibility index (Phi) is 3.75. The predicted octanol–water partition coefficient (Wildman–Crippen LogP) is 2.79. The summed E-state index contributed by atoms with van der Waals surface area (Å²) in [6.45, 7) is 2.83. The number of benzene rings is 2. The lowest BCUT2D eigenvalue weighted by Gasteiger charge is -2.24. The summed E-state index contributed by atoms with van der Waals surface area (Å²) in [7, 11) is 0. The fourth-order valence-corrected chi connectivity index (χ4v) is 3.21. The van der Waals surface area contributed by atoms with Crippen LogP contribution in [-0.4, -0.2) is 47.4 Å². The molecule has 0 saturated carbocycles. The fraction of sp³-hybridized carbons (Fsp3) is 0.211. The molecule has 5 rings (SSSR count). The van der Waals surface area contributed by atoms with Crippen LogP contribution in [0.15, 0.2) is 46.9 Å². The van der Waals surface area contributed by atoms with Crippen LogP contribution in [0.5, 0.6) is 0 Å². The molecule has 1 aliphatic heterocycles. The maximum Gasteiger partial charge on any atom is 0.298 e. The van der Waals surface area contributed by atoms with Crippen molar-refractivity contribution in [3.05, 3.63) is 48.2 Å². The molecular weight excluding hydrogens is 346 g/mol. The lowest BCUT2D eigenvalue weighted by atomic mass is 10.2. The number of aromatic amines is 1. The molecule has 1 saturated heterocycles. The van der Waals surface area contributed by atoms with Gasteiger partial charge in [-0.1, -0.05) is 18.2 Å². The minimum absolute atomic E-state index is 0.278. The third-order valence-corrected chi connectivity index (χ3v) is 4.60. The summed E-state index contributed by atoms with van der Waals surface area (Å²) in [5.41, 5.74) is 3.19. The maximum atomic E-state index is 12.6. The zero-order chi connectivity index (χ0) is 18.2. The Morgan fingerprint density at radius 2 is 2.00 bits per heavy atom. The van der Waals surface area contributed by atoms with Crippen molar-refractivity contribution in [3.8, 4) is 0 Å². The van der Waals surface area contributed by atoms with Gasteiger partial charge in [0.25, 0.3) is 11.9 Å². The molecule has 136 valence electrons. The number of ether oxygens (including phenoxy) is 1. The van der Waals surface area contributed by atoms with Crippen molar-refractivity contribution in [1.82, 2.24) is 15.2 Å². The summed E-state index contributed by atoms with van der Waals surface area (Å²) < 4.78 is 11.2. The number of hydrogen-bond acceptors (Lipinski definition) is 6. The van der Waals surface area contributed by atoms with Gasteiger partial charge in [-0.15, -0.1) is 0 Å². The van der Waals surface area contributed by atoms with Crippen LogP contribution in [0.2, 0.25) is 0 Å². The van der Waals surface area contributed by atoms with Crippen LogP contribution in [0.1, 0.15) is 10.5 Å². The third kappa shape index (κ3) is 2.89. The second kappa shape index (κ2) is 6.40. The normalized spacial score (nSPS) is 14.7. The van der Waals surface area contributed by atoms with Gasteiger partial charge in [-0.05, 0) is 18.2 Å². The highest BCUT2D eigenvalue weighted by Gasteiger charge is 2.18. The number of aromatic nitrogens is 3. The van der Waals surface area contributed by atoms with Crippen LogP contribution < -0.4 is 10.2 Å². The smallest absolute Gasteiger partial charge is 0.298 e. The van der Waals surface area contributed by atoms with Gasteiger partial charge in [0.2, 0.25) is 0 Å². The molecule has 0 atom stereocenters. The molecule has 1 aliphatic rings. The molecule has 3 heterocycles. The van der Waals surface area contributed by atoms with Gasteiger partial charge in [-0.2, -0.15) is 10.1 Å². The van der Waals surface area contributed by atoms with Crippen molar-refractivity contribution in [2.75, 3.05) is 36.5 Å². The Balaban J connectivity index is 1.40. The molecule has 8 heteroatoms. The number of nitrogens with one attached hydrogen (secondary N) is 2. The Hall–Kier alpha value is -3.39. The number of rotatable bonds is 3. The largest absolute Gasteiger partial charge is 0.423 e. The van der Waals surface area contributed by atoms with Crippen molar-refractivity contribution >= 4 is 39.6 Å². The minimum Gasteiger partial charge on any atom is -0.423 e. The van der Waals surface area contributed by atoms with Gasteiger partial charge in [-0.3, -0.25) is 9.89 Å². The average molecular weight is 363 g/mol. The van der Waals surface area contributed by atoms with E-state index >= 15 is 0 Å². The Labute approximate surface area is 154 Å². The molecule has 0 radical (unpaired) electrons. The van der Waals surface area contributed by atoms with Crippen molar-refractivity contribution < 1.29 is 13.9 Å². The van der Waals surface area contributed by atoms with Gasteiger partial charge in [-0.25, -0.2) is 0 Å². The second-order valence-corrected chi connectivity index (χ2v) is 6.35. The highest BCUT2D eigenvalue weighted by molar-refractivity contribution is 6.11. The number of para-hydroxylation sites is 1. The van der Waals surface area contributed by atoms with Crippen LogP contribution >= 0.6 is 0 Å². The van der Waals surface area contributed by atoms with E-state index in [0.717, 1.165) is 29.5 Å². The predicted molar refractivity (Wildman–Crippen MR) is 101 cm³/mol. The standard InChI is InChI=1S/C19H17N5O3/c25-18(17-13-3-1-2-4-14(13)22-23-17)20-12-5-6-15-16(11-12)27-19(21-15)24-7-9-26-10-8-24/h1-6,11H,7-10H2,(H,20,25)(H,22,23). The first-order valence-corrected chi connectivity index (χ1v) is 8.76. The highest BCUT2D eigenvalue weighted by atomic mass is 16.5. The van der Waals surface area contributed by atoms with Crippen LogP contribution in [0.3, 0.4) is 0 Å². The van der Waals surface area contributed by atoms with Crippen LogP contribution in [0, 0.1) is 0 Å². The van der Waals surface area contributed by atoms with E-state index in [1.807, 2.05) is 30.3 Å². The molecule has 0 aliphatic carbocycles. The summed E-state index contributed by atoms with van der Waals surface area (Å²) in [4.78, 5) is 19.2. The molecule has 2 aromatic carbocycles. The number of morpholine rings is 1. The number of anilines is 2. The third-order valence-electron chi connectivity index (χ3n) is 4.60. The molecule has 1 amide bonds. The molecule has 2 aromatic heterocycles. The lowest BCUT2D eigenvalue weighted by Crippen LogP contribution is -2.36. The lowest BCUT2D eigenvalue weighted by molar-refractivity contribution is 0.102. The molecule has 8 nitrogen and oxygen atoms in total. The van der Waals surface area contributed by atoms with E-state index in [2.05, 4.69) is 25.4 Å².